The van der Waals surface area contributed by atoms with Crippen LogP contribution in [0.4, 0.5) is 9.18 Å². The molecule has 8 heteroatoms. The molecule has 1 aromatic carbocycles. The van der Waals surface area contributed by atoms with Crippen LogP contribution in [-0.2, 0) is 24.8 Å². The number of halogens is 1. The number of aryl methyl sites for hydroxylation is 2. The van der Waals surface area contributed by atoms with Gasteiger partial charge in [-0.1, -0.05) is 19.1 Å². The number of aromatic nitrogens is 2. The highest BCUT2D eigenvalue weighted by atomic mass is 19.1. The van der Waals surface area contributed by atoms with Crippen LogP contribution in [0, 0.1) is 5.82 Å². The maximum atomic E-state index is 13.3. The first kappa shape index (κ1) is 16.7. The number of aromatic amines is 1. The van der Waals surface area contributed by atoms with Crippen LogP contribution >= 0.6 is 0 Å². The normalized spacial score (nSPS) is 16.0. The van der Waals surface area contributed by atoms with E-state index < -0.39 is 17.8 Å². The Morgan fingerprint density at radius 2 is 2.00 bits per heavy atom. The van der Waals surface area contributed by atoms with Crippen molar-refractivity contribution in [3.05, 3.63) is 63.0 Å². The molecular formula is C17H17FN4O3. The van der Waals surface area contributed by atoms with E-state index in [1.54, 1.807) is 13.1 Å². The maximum Gasteiger partial charge on any atom is 0.329 e. The lowest BCUT2D eigenvalue weighted by Gasteiger charge is -2.11. The minimum Gasteiger partial charge on any atom is -0.303 e. The van der Waals surface area contributed by atoms with Crippen LogP contribution in [0.25, 0.3) is 6.08 Å². The van der Waals surface area contributed by atoms with Gasteiger partial charge < -0.3 is 5.32 Å². The van der Waals surface area contributed by atoms with Gasteiger partial charge in [-0.3, -0.25) is 24.3 Å². The number of imide groups is 1. The fraction of sp³-hybridized carbons (Fsp3) is 0.235. The highest BCUT2D eigenvalue weighted by Crippen LogP contribution is 2.17. The van der Waals surface area contributed by atoms with Crippen molar-refractivity contribution >= 4 is 18.0 Å². The highest BCUT2D eigenvalue weighted by Gasteiger charge is 2.34. The molecule has 0 unspecified atom stereocenters. The third-order valence-electron chi connectivity index (χ3n) is 4.00. The Kier molecular flexibility index (Phi) is 4.26. The summed E-state index contributed by atoms with van der Waals surface area (Å²) in [5.41, 5.74) is 1.24. The van der Waals surface area contributed by atoms with E-state index in [4.69, 9.17) is 0 Å². The zero-order valence-electron chi connectivity index (χ0n) is 13.8. The molecule has 1 aliphatic rings. The molecule has 2 heterocycles. The molecule has 0 aliphatic carbocycles. The average molecular weight is 344 g/mol. The number of nitrogens with one attached hydrogen (secondary N) is 2. The summed E-state index contributed by atoms with van der Waals surface area (Å²) in [6, 6.07) is 5.08. The molecule has 25 heavy (non-hydrogen) atoms. The van der Waals surface area contributed by atoms with E-state index in [9.17, 15) is 18.8 Å². The molecule has 1 aliphatic heterocycles. The van der Waals surface area contributed by atoms with Gasteiger partial charge >= 0.3 is 6.03 Å². The van der Waals surface area contributed by atoms with Crippen molar-refractivity contribution in [2.75, 3.05) is 0 Å². The summed E-state index contributed by atoms with van der Waals surface area (Å²) in [5.74, 6) is -0.997. The Labute approximate surface area is 142 Å². The summed E-state index contributed by atoms with van der Waals surface area (Å²) in [5, 5.41) is 5.37. The Morgan fingerprint density at radius 1 is 1.24 bits per heavy atom. The van der Waals surface area contributed by atoms with Crippen LogP contribution in [0.1, 0.15) is 23.7 Å². The van der Waals surface area contributed by atoms with E-state index in [1.165, 1.54) is 29.0 Å². The largest absolute Gasteiger partial charge is 0.329 e. The molecule has 2 N–H and O–H groups in total. The minimum atomic E-state index is -0.606. The van der Waals surface area contributed by atoms with Gasteiger partial charge in [0, 0.05) is 12.7 Å². The zero-order chi connectivity index (χ0) is 18.1. The summed E-state index contributed by atoms with van der Waals surface area (Å²) >= 11 is 0. The van der Waals surface area contributed by atoms with E-state index >= 15 is 0 Å². The number of amides is 3. The van der Waals surface area contributed by atoms with Crippen molar-refractivity contribution in [3.63, 3.8) is 0 Å². The summed E-state index contributed by atoms with van der Waals surface area (Å²) in [4.78, 5) is 37.7. The Bertz CT molecular complexity index is 942. The summed E-state index contributed by atoms with van der Waals surface area (Å²) in [7, 11) is 1.58. The fourth-order valence-corrected chi connectivity index (χ4v) is 2.72. The lowest BCUT2D eigenvalue weighted by atomic mass is 10.1. The quantitative estimate of drug-likeness (QED) is 0.651. The molecule has 7 nitrogen and oxygen atoms in total. The predicted octanol–water partition coefficient (Wildman–Crippen LogP) is 1.51. The molecule has 0 spiro atoms. The molecule has 2 aromatic rings. The maximum absolute atomic E-state index is 13.3. The third-order valence-corrected chi connectivity index (χ3v) is 4.00. The molecule has 1 saturated heterocycles. The molecule has 0 saturated carbocycles. The van der Waals surface area contributed by atoms with Crippen molar-refractivity contribution in [2.45, 2.75) is 19.9 Å². The van der Waals surface area contributed by atoms with Gasteiger partial charge in [-0.15, -0.1) is 0 Å². The van der Waals surface area contributed by atoms with Gasteiger partial charge in [0.2, 0.25) is 0 Å². The molecule has 1 fully saturated rings. The Hall–Kier alpha value is -3.16. The minimum absolute atomic E-state index is 0.0211. The number of carbonyl (C=O) groups is 2. The first-order chi connectivity index (χ1) is 11.9. The molecule has 3 amide bonds. The number of hydrogen-bond donors (Lipinski definition) is 2. The monoisotopic (exact) mass is 344 g/mol. The Balaban J connectivity index is 1.90. The second-order valence-electron chi connectivity index (χ2n) is 5.73. The van der Waals surface area contributed by atoms with Gasteiger partial charge in [0.15, 0.2) is 0 Å². The smallest absolute Gasteiger partial charge is 0.303 e. The van der Waals surface area contributed by atoms with Crippen LogP contribution in [-0.4, -0.2) is 26.6 Å². The van der Waals surface area contributed by atoms with Gasteiger partial charge in [-0.2, -0.15) is 0 Å². The summed E-state index contributed by atoms with van der Waals surface area (Å²) < 4.78 is 14.6. The fourth-order valence-electron chi connectivity index (χ4n) is 2.72. The molecule has 130 valence electrons. The van der Waals surface area contributed by atoms with Gasteiger partial charge in [0.05, 0.1) is 12.1 Å². The van der Waals surface area contributed by atoms with Gasteiger partial charge in [0.25, 0.3) is 11.5 Å². The first-order valence-electron chi connectivity index (χ1n) is 7.77. The number of rotatable bonds is 4. The standard InChI is InChI=1S/C17H17FN4O3/c1-3-13-12(15(23)21(2)20-13)8-14-16(24)22(17(25)19-14)9-10-5-4-6-11(18)7-10/h4-8,20H,3,9H2,1-2H3,(H,19,25)/b14-8-. The van der Waals surface area contributed by atoms with Crippen molar-refractivity contribution in [3.8, 4) is 0 Å². The average Bonchev–Trinajstić information content (AvgIpc) is 3.00. The van der Waals surface area contributed by atoms with Crippen LogP contribution in [0.15, 0.2) is 34.8 Å². The molecule has 0 atom stereocenters. The predicted molar refractivity (Wildman–Crippen MR) is 88.9 cm³/mol. The van der Waals surface area contributed by atoms with E-state index in [-0.39, 0.29) is 17.8 Å². The molecule has 0 bridgehead atoms. The van der Waals surface area contributed by atoms with Crippen molar-refractivity contribution in [1.82, 2.24) is 20.0 Å². The molecule has 3 rings (SSSR count). The molecular weight excluding hydrogens is 327 g/mol. The van der Waals surface area contributed by atoms with Gasteiger partial charge in [-0.25, -0.2) is 9.18 Å². The summed E-state index contributed by atoms with van der Waals surface area (Å²) in [6.07, 6.45) is 1.95. The molecule has 0 radical (unpaired) electrons. The van der Waals surface area contributed by atoms with Crippen molar-refractivity contribution in [2.24, 2.45) is 7.05 Å². The lowest BCUT2D eigenvalue weighted by molar-refractivity contribution is -0.123. The number of hydrogen-bond acceptors (Lipinski definition) is 3. The second-order valence-corrected chi connectivity index (χ2v) is 5.73. The topological polar surface area (TPSA) is 87.2 Å². The second kappa shape index (κ2) is 6.39. The number of H-pyrrole nitrogens is 1. The number of carbonyl (C=O) groups excluding carboxylic acids is 2. The third kappa shape index (κ3) is 3.10. The molecule has 1 aromatic heterocycles. The van der Waals surface area contributed by atoms with Crippen LogP contribution < -0.4 is 10.9 Å². The van der Waals surface area contributed by atoms with Crippen LogP contribution in [0.2, 0.25) is 0 Å². The number of benzene rings is 1. The van der Waals surface area contributed by atoms with Crippen molar-refractivity contribution < 1.29 is 14.0 Å². The van der Waals surface area contributed by atoms with E-state index in [0.29, 0.717) is 23.2 Å². The summed E-state index contributed by atoms with van der Waals surface area (Å²) in [6.45, 7) is 1.82. The van der Waals surface area contributed by atoms with Gasteiger partial charge in [0.1, 0.15) is 11.5 Å². The lowest BCUT2D eigenvalue weighted by Crippen LogP contribution is -2.30. The zero-order valence-corrected chi connectivity index (χ0v) is 13.8. The van der Waals surface area contributed by atoms with E-state index in [2.05, 4.69) is 10.4 Å². The van der Waals surface area contributed by atoms with E-state index in [0.717, 1.165) is 4.90 Å². The van der Waals surface area contributed by atoms with Gasteiger partial charge in [-0.05, 0) is 30.2 Å². The number of urea groups is 1. The SMILES string of the molecule is CCc1[nH]n(C)c(=O)c1/C=C1\NC(=O)N(Cc2cccc(F)c2)C1=O. The number of nitrogens with zero attached hydrogens (tertiary/aromatic N) is 2. The van der Waals surface area contributed by atoms with Crippen molar-refractivity contribution in [1.29, 1.82) is 0 Å². The Morgan fingerprint density at radius 3 is 2.68 bits per heavy atom. The van der Waals surface area contributed by atoms with Crippen LogP contribution in [0.3, 0.4) is 0 Å². The first-order valence-corrected chi connectivity index (χ1v) is 7.77. The highest BCUT2D eigenvalue weighted by molar-refractivity contribution is 6.13. The van der Waals surface area contributed by atoms with Crippen LogP contribution in [0.5, 0.6) is 0 Å². The van der Waals surface area contributed by atoms with E-state index in [1.807, 2.05) is 6.92 Å².